The second kappa shape index (κ2) is 3.71. The number of benzene rings is 2. The number of hydrogen-bond donors (Lipinski definition) is 1. The van der Waals surface area contributed by atoms with Crippen LogP contribution in [0.3, 0.4) is 0 Å². The summed E-state index contributed by atoms with van der Waals surface area (Å²) in [5, 5.41) is 11.6. The monoisotopic (exact) mass is 250 g/mol. The molecule has 14 heavy (non-hydrogen) atoms. The summed E-state index contributed by atoms with van der Waals surface area (Å²) in [5.74, 6) is 0. The highest BCUT2D eigenvalue weighted by Gasteiger charge is 2.06. The molecule has 0 unspecified atom stereocenters. The van der Waals surface area contributed by atoms with E-state index in [1.54, 1.807) is 0 Å². The van der Waals surface area contributed by atoms with E-state index in [1.165, 1.54) is 10.9 Å². The molecule has 2 heteroatoms. The van der Waals surface area contributed by atoms with Gasteiger partial charge < -0.3 is 5.11 Å². The molecule has 0 atom stereocenters. The molecular formula is C12H11BrO. The molecule has 1 N–H and O–H groups in total. The van der Waals surface area contributed by atoms with E-state index in [2.05, 4.69) is 28.9 Å². The molecule has 0 bridgehead atoms. The van der Waals surface area contributed by atoms with Crippen molar-refractivity contribution in [1.82, 2.24) is 0 Å². The Bertz CT molecular complexity index is 477. The van der Waals surface area contributed by atoms with E-state index in [-0.39, 0.29) is 6.61 Å². The maximum atomic E-state index is 9.28. The average molecular weight is 251 g/mol. The topological polar surface area (TPSA) is 20.2 Å². The summed E-state index contributed by atoms with van der Waals surface area (Å²) < 4.78 is 0.983. The summed E-state index contributed by atoms with van der Waals surface area (Å²) in [6.07, 6.45) is 0. The van der Waals surface area contributed by atoms with Crippen molar-refractivity contribution in [2.45, 2.75) is 13.5 Å². The molecule has 0 saturated heterocycles. The quantitative estimate of drug-likeness (QED) is 0.823. The van der Waals surface area contributed by atoms with Gasteiger partial charge in [0, 0.05) is 4.47 Å². The smallest absolute Gasteiger partial charge is 0.0698 e. The zero-order valence-electron chi connectivity index (χ0n) is 7.92. The normalized spacial score (nSPS) is 10.8. The first-order valence-corrected chi connectivity index (χ1v) is 5.31. The van der Waals surface area contributed by atoms with E-state index in [1.807, 2.05) is 24.3 Å². The molecule has 0 aromatic heterocycles. The van der Waals surface area contributed by atoms with Crippen molar-refractivity contribution in [2.24, 2.45) is 0 Å². The fourth-order valence-corrected chi connectivity index (χ4v) is 2.42. The lowest BCUT2D eigenvalue weighted by atomic mass is 10.0. The van der Waals surface area contributed by atoms with Crippen LogP contribution in [-0.2, 0) is 6.61 Å². The summed E-state index contributed by atoms with van der Waals surface area (Å²) >= 11 is 3.47. The second-order valence-electron chi connectivity index (χ2n) is 3.36. The second-order valence-corrected chi connectivity index (χ2v) is 4.21. The van der Waals surface area contributed by atoms with Gasteiger partial charge in [-0.05, 0) is 34.9 Å². The Hall–Kier alpha value is -0.860. The van der Waals surface area contributed by atoms with Gasteiger partial charge in [-0.2, -0.15) is 0 Å². The number of aliphatic hydroxyl groups is 1. The lowest BCUT2D eigenvalue weighted by Gasteiger charge is -2.09. The van der Waals surface area contributed by atoms with Gasteiger partial charge in [-0.1, -0.05) is 40.2 Å². The van der Waals surface area contributed by atoms with Crippen LogP contribution in [0, 0.1) is 6.92 Å². The zero-order chi connectivity index (χ0) is 10.1. The van der Waals surface area contributed by atoms with Crippen molar-refractivity contribution >= 4 is 26.7 Å². The minimum absolute atomic E-state index is 0.0708. The van der Waals surface area contributed by atoms with Gasteiger partial charge in [-0.15, -0.1) is 0 Å². The van der Waals surface area contributed by atoms with Crippen molar-refractivity contribution in [3.05, 3.63) is 45.9 Å². The molecule has 72 valence electrons. The summed E-state index contributed by atoms with van der Waals surface area (Å²) in [6.45, 7) is 2.15. The van der Waals surface area contributed by atoms with Gasteiger partial charge >= 0.3 is 0 Å². The Kier molecular flexibility index (Phi) is 2.57. The summed E-state index contributed by atoms with van der Waals surface area (Å²) in [4.78, 5) is 0. The molecule has 0 amide bonds. The van der Waals surface area contributed by atoms with Gasteiger partial charge in [0.05, 0.1) is 6.61 Å². The third-order valence-electron chi connectivity index (χ3n) is 2.47. The van der Waals surface area contributed by atoms with E-state index in [0.717, 1.165) is 15.4 Å². The van der Waals surface area contributed by atoms with Crippen LogP contribution >= 0.6 is 15.9 Å². The van der Waals surface area contributed by atoms with Gasteiger partial charge in [0.2, 0.25) is 0 Å². The standard InChI is InChI=1S/C12H11BrO/c1-8-6-12(13)11(7-14)10-5-3-2-4-9(8)10/h2-6,14H,7H2,1H3. The third kappa shape index (κ3) is 1.45. The predicted octanol–water partition coefficient (Wildman–Crippen LogP) is 3.40. The van der Waals surface area contributed by atoms with Gasteiger partial charge in [0.25, 0.3) is 0 Å². The predicted molar refractivity (Wildman–Crippen MR) is 62.3 cm³/mol. The van der Waals surface area contributed by atoms with Crippen LogP contribution in [0.2, 0.25) is 0 Å². The summed E-state index contributed by atoms with van der Waals surface area (Å²) in [7, 11) is 0. The van der Waals surface area contributed by atoms with Crippen LogP contribution in [-0.4, -0.2) is 5.11 Å². The summed E-state index contributed by atoms with van der Waals surface area (Å²) in [6, 6.07) is 10.2. The lowest BCUT2D eigenvalue weighted by Crippen LogP contribution is -1.90. The highest BCUT2D eigenvalue weighted by molar-refractivity contribution is 9.10. The SMILES string of the molecule is Cc1cc(Br)c(CO)c2ccccc12. The molecule has 0 heterocycles. The third-order valence-corrected chi connectivity index (χ3v) is 3.17. The molecule has 0 radical (unpaired) electrons. The van der Waals surface area contributed by atoms with E-state index in [9.17, 15) is 5.11 Å². The number of halogens is 1. The van der Waals surface area contributed by atoms with E-state index in [0.29, 0.717) is 0 Å². The van der Waals surface area contributed by atoms with Crippen LogP contribution in [0.25, 0.3) is 10.8 Å². The average Bonchev–Trinajstić information content (AvgIpc) is 2.18. The molecule has 2 aromatic rings. The first-order valence-electron chi connectivity index (χ1n) is 4.51. The molecule has 2 aromatic carbocycles. The Morgan fingerprint density at radius 3 is 2.50 bits per heavy atom. The van der Waals surface area contributed by atoms with Crippen molar-refractivity contribution in [1.29, 1.82) is 0 Å². The van der Waals surface area contributed by atoms with Crippen LogP contribution in [0.4, 0.5) is 0 Å². The van der Waals surface area contributed by atoms with Crippen LogP contribution in [0.1, 0.15) is 11.1 Å². The fourth-order valence-electron chi connectivity index (χ4n) is 1.73. The van der Waals surface area contributed by atoms with Crippen LogP contribution < -0.4 is 0 Å². The molecule has 0 aliphatic rings. The molecule has 0 aliphatic heterocycles. The molecule has 1 nitrogen and oxygen atoms in total. The lowest BCUT2D eigenvalue weighted by molar-refractivity contribution is 0.282. The Morgan fingerprint density at radius 2 is 1.86 bits per heavy atom. The molecule has 0 spiro atoms. The van der Waals surface area contributed by atoms with E-state index < -0.39 is 0 Å². The van der Waals surface area contributed by atoms with Crippen LogP contribution in [0.15, 0.2) is 34.8 Å². The first-order chi connectivity index (χ1) is 6.74. The minimum atomic E-state index is 0.0708. The molecule has 0 saturated carbocycles. The van der Waals surface area contributed by atoms with E-state index >= 15 is 0 Å². The molecule has 0 aliphatic carbocycles. The Labute approximate surface area is 91.5 Å². The highest BCUT2D eigenvalue weighted by atomic mass is 79.9. The van der Waals surface area contributed by atoms with Crippen molar-refractivity contribution in [3.63, 3.8) is 0 Å². The Morgan fingerprint density at radius 1 is 1.21 bits per heavy atom. The number of rotatable bonds is 1. The first kappa shape index (κ1) is 9.69. The van der Waals surface area contributed by atoms with Gasteiger partial charge in [-0.25, -0.2) is 0 Å². The summed E-state index contributed by atoms with van der Waals surface area (Å²) in [5.41, 5.74) is 2.19. The number of fused-ring (bicyclic) bond motifs is 1. The van der Waals surface area contributed by atoms with E-state index in [4.69, 9.17) is 0 Å². The van der Waals surface area contributed by atoms with Crippen molar-refractivity contribution < 1.29 is 5.11 Å². The fraction of sp³-hybridized carbons (Fsp3) is 0.167. The minimum Gasteiger partial charge on any atom is -0.392 e. The maximum Gasteiger partial charge on any atom is 0.0698 e. The number of hydrogen-bond acceptors (Lipinski definition) is 1. The molecule has 2 rings (SSSR count). The number of aliphatic hydroxyl groups excluding tert-OH is 1. The Balaban J connectivity index is 2.90. The molecular weight excluding hydrogens is 240 g/mol. The highest BCUT2D eigenvalue weighted by Crippen LogP contribution is 2.29. The molecule has 0 fully saturated rings. The van der Waals surface area contributed by atoms with Crippen LogP contribution in [0.5, 0.6) is 0 Å². The number of aryl methyl sites for hydroxylation is 1. The van der Waals surface area contributed by atoms with Gasteiger partial charge in [0.1, 0.15) is 0 Å². The maximum absolute atomic E-state index is 9.28. The van der Waals surface area contributed by atoms with Gasteiger partial charge in [-0.3, -0.25) is 0 Å². The van der Waals surface area contributed by atoms with Crippen molar-refractivity contribution in [3.8, 4) is 0 Å². The van der Waals surface area contributed by atoms with Crippen molar-refractivity contribution in [2.75, 3.05) is 0 Å². The zero-order valence-corrected chi connectivity index (χ0v) is 9.51. The van der Waals surface area contributed by atoms with Gasteiger partial charge in [0.15, 0.2) is 0 Å². The largest absolute Gasteiger partial charge is 0.392 e.